The molecule has 0 unspecified atom stereocenters. The van der Waals surface area contributed by atoms with Gasteiger partial charge in [-0.25, -0.2) is 13.1 Å². The van der Waals surface area contributed by atoms with E-state index in [0.29, 0.717) is 18.0 Å². The number of nitrogens with zero attached hydrogens (tertiary/aromatic N) is 2. The highest BCUT2D eigenvalue weighted by atomic mass is 32.2. The lowest BCUT2D eigenvalue weighted by molar-refractivity contribution is 0.377. The summed E-state index contributed by atoms with van der Waals surface area (Å²) in [7, 11) is -3.59. The summed E-state index contributed by atoms with van der Waals surface area (Å²) in [6.07, 6.45) is 2.52. The van der Waals surface area contributed by atoms with Gasteiger partial charge in [-0.3, -0.25) is 0 Å². The number of aryl methyl sites for hydroxylation is 2. The number of sulfonamides is 1. The third kappa shape index (κ3) is 3.72. The molecule has 0 aromatic carbocycles. The summed E-state index contributed by atoms with van der Waals surface area (Å²) in [6.45, 7) is 4.92. The van der Waals surface area contributed by atoms with E-state index in [4.69, 9.17) is 10.3 Å². The molecule has 0 aliphatic heterocycles. The summed E-state index contributed by atoms with van der Waals surface area (Å²) in [5.74, 6) is 0.475. The van der Waals surface area contributed by atoms with Gasteiger partial charge in [0.1, 0.15) is 0 Å². The van der Waals surface area contributed by atoms with Gasteiger partial charge in [0, 0.05) is 31.0 Å². The molecule has 2 aromatic heterocycles. The lowest BCUT2D eigenvalue weighted by atomic mass is 10.4. The summed E-state index contributed by atoms with van der Waals surface area (Å²) in [5, 5.41) is 3.72. The standard InChI is InChI=1S/C13H20N4O3S/c1-3-4-17-9-13(6-11(17)7-14)21(18,19)15-8-12-5-10(2)16-20-12/h5-6,9,15H,3-4,7-8,14H2,1-2H3. The van der Waals surface area contributed by atoms with Gasteiger partial charge in [-0.05, 0) is 19.4 Å². The van der Waals surface area contributed by atoms with E-state index in [1.807, 2.05) is 11.5 Å². The molecule has 3 N–H and O–H groups in total. The molecule has 0 saturated heterocycles. The third-order valence-electron chi connectivity index (χ3n) is 3.06. The number of rotatable bonds is 7. The van der Waals surface area contributed by atoms with Gasteiger partial charge in [-0.1, -0.05) is 12.1 Å². The van der Waals surface area contributed by atoms with Crippen molar-refractivity contribution >= 4 is 10.0 Å². The summed E-state index contributed by atoms with van der Waals surface area (Å²) < 4.78 is 33.9. The van der Waals surface area contributed by atoms with Crippen molar-refractivity contribution in [3.63, 3.8) is 0 Å². The summed E-state index contributed by atoms with van der Waals surface area (Å²) in [4.78, 5) is 0.215. The van der Waals surface area contributed by atoms with Crippen LogP contribution in [0.25, 0.3) is 0 Å². The molecule has 0 bridgehead atoms. The van der Waals surface area contributed by atoms with Gasteiger partial charge >= 0.3 is 0 Å². The van der Waals surface area contributed by atoms with E-state index in [0.717, 1.165) is 18.7 Å². The van der Waals surface area contributed by atoms with Crippen LogP contribution >= 0.6 is 0 Å². The highest BCUT2D eigenvalue weighted by Gasteiger charge is 2.18. The predicted octanol–water partition coefficient (Wildman–Crippen LogP) is 1.13. The smallest absolute Gasteiger partial charge is 0.242 e. The minimum atomic E-state index is -3.59. The Hall–Kier alpha value is -1.64. The second-order valence-corrected chi connectivity index (χ2v) is 6.59. The molecule has 7 nitrogen and oxygen atoms in total. The molecule has 0 saturated carbocycles. The first-order chi connectivity index (χ1) is 9.96. The molecule has 8 heteroatoms. The van der Waals surface area contributed by atoms with Crippen molar-refractivity contribution in [3.8, 4) is 0 Å². The minimum Gasteiger partial charge on any atom is -0.360 e. The van der Waals surface area contributed by atoms with Crippen molar-refractivity contribution in [3.05, 3.63) is 35.5 Å². The maximum absolute atomic E-state index is 12.3. The van der Waals surface area contributed by atoms with Gasteiger partial charge in [0.2, 0.25) is 10.0 Å². The van der Waals surface area contributed by atoms with E-state index in [1.165, 1.54) is 0 Å². The second-order valence-electron chi connectivity index (χ2n) is 4.82. The van der Waals surface area contributed by atoms with E-state index in [1.54, 1.807) is 25.3 Å². The van der Waals surface area contributed by atoms with Crippen LogP contribution in [0.4, 0.5) is 0 Å². The fourth-order valence-corrected chi connectivity index (χ4v) is 3.10. The number of hydrogen-bond donors (Lipinski definition) is 2. The van der Waals surface area contributed by atoms with Crippen LogP contribution < -0.4 is 10.5 Å². The molecule has 21 heavy (non-hydrogen) atoms. The van der Waals surface area contributed by atoms with Crippen LogP contribution in [-0.2, 0) is 29.7 Å². The zero-order valence-electron chi connectivity index (χ0n) is 12.2. The van der Waals surface area contributed by atoms with E-state index >= 15 is 0 Å². The van der Waals surface area contributed by atoms with Crippen LogP contribution in [0.2, 0.25) is 0 Å². The molecule has 0 radical (unpaired) electrons. The summed E-state index contributed by atoms with van der Waals surface area (Å²) in [6, 6.07) is 3.29. The Morgan fingerprint density at radius 1 is 1.43 bits per heavy atom. The molecule has 0 aliphatic carbocycles. The van der Waals surface area contributed by atoms with Crippen LogP contribution in [0, 0.1) is 6.92 Å². The number of hydrogen-bond acceptors (Lipinski definition) is 5. The Morgan fingerprint density at radius 3 is 2.76 bits per heavy atom. The van der Waals surface area contributed by atoms with Crippen LogP contribution in [0.5, 0.6) is 0 Å². The third-order valence-corrected chi connectivity index (χ3v) is 4.43. The van der Waals surface area contributed by atoms with Crippen molar-refractivity contribution in [2.45, 2.75) is 44.8 Å². The van der Waals surface area contributed by atoms with Crippen molar-refractivity contribution < 1.29 is 12.9 Å². The van der Waals surface area contributed by atoms with E-state index < -0.39 is 10.0 Å². The van der Waals surface area contributed by atoms with E-state index in [9.17, 15) is 8.42 Å². The summed E-state index contributed by atoms with van der Waals surface area (Å²) >= 11 is 0. The van der Waals surface area contributed by atoms with Crippen LogP contribution in [0.3, 0.4) is 0 Å². The zero-order chi connectivity index (χ0) is 15.5. The molecule has 116 valence electrons. The van der Waals surface area contributed by atoms with Gasteiger partial charge in [-0.2, -0.15) is 0 Å². The lowest BCUT2D eigenvalue weighted by Gasteiger charge is -2.04. The first-order valence-electron chi connectivity index (χ1n) is 6.77. The first-order valence-corrected chi connectivity index (χ1v) is 8.25. The molecular formula is C13H20N4O3S. The number of aromatic nitrogens is 2. The van der Waals surface area contributed by atoms with Crippen molar-refractivity contribution in [2.75, 3.05) is 0 Å². The predicted molar refractivity (Wildman–Crippen MR) is 77.9 cm³/mol. The second kappa shape index (κ2) is 6.42. The Bertz CT molecular complexity index is 703. The fraction of sp³-hybridized carbons (Fsp3) is 0.462. The van der Waals surface area contributed by atoms with Crippen molar-refractivity contribution in [2.24, 2.45) is 5.73 Å². The van der Waals surface area contributed by atoms with Crippen LogP contribution in [0.1, 0.15) is 30.5 Å². The molecule has 2 aromatic rings. The molecule has 0 fully saturated rings. The molecule has 2 heterocycles. The van der Waals surface area contributed by atoms with Gasteiger partial charge in [0.25, 0.3) is 0 Å². The number of nitrogens with two attached hydrogens (primary N) is 1. The molecule has 2 rings (SSSR count). The van der Waals surface area contributed by atoms with E-state index in [2.05, 4.69) is 9.88 Å². The summed E-state index contributed by atoms with van der Waals surface area (Å²) in [5.41, 5.74) is 7.16. The van der Waals surface area contributed by atoms with Crippen molar-refractivity contribution in [1.82, 2.24) is 14.4 Å². The van der Waals surface area contributed by atoms with Crippen molar-refractivity contribution in [1.29, 1.82) is 0 Å². The van der Waals surface area contributed by atoms with Gasteiger partial charge in [0.05, 0.1) is 17.1 Å². The van der Waals surface area contributed by atoms with Crippen LogP contribution in [0.15, 0.2) is 27.7 Å². The SMILES string of the molecule is CCCn1cc(S(=O)(=O)NCc2cc(C)no2)cc1CN. The van der Waals surface area contributed by atoms with Gasteiger partial charge < -0.3 is 14.8 Å². The van der Waals surface area contributed by atoms with Gasteiger partial charge in [0.15, 0.2) is 5.76 Å². The first kappa shape index (κ1) is 15.7. The van der Waals surface area contributed by atoms with Gasteiger partial charge in [-0.15, -0.1) is 0 Å². The Morgan fingerprint density at radius 2 is 2.19 bits per heavy atom. The highest BCUT2D eigenvalue weighted by molar-refractivity contribution is 7.89. The normalized spacial score (nSPS) is 12.0. The highest BCUT2D eigenvalue weighted by Crippen LogP contribution is 2.15. The lowest BCUT2D eigenvalue weighted by Crippen LogP contribution is -2.22. The van der Waals surface area contributed by atoms with Crippen LogP contribution in [-0.4, -0.2) is 18.1 Å². The topological polar surface area (TPSA) is 103 Å². The quantitative estimate of drug-likeness (QED) is 0.797. The largest absolute Gasteiger partial charge is 0.360 e. The molecular weight excluding hydrogens is 292 g/mol. The molecule has 0 atom stereocenters. The maximum atomic E-state index is 12.3. The fourth-order valence-electron chi connectivity index (χ4n) is 2.04. The monoisotopic (exact) mass is 312 g/mol. The van der Waals surface area contributed by atoms with E-state index in [-0.39, 0.29) is 11.4 Å². The average molecular weight is 312 g/mol. The zero-order valence-corrected chi connectivity index (χ0v) is 13.0. The molecule has 0 amide bonds. The minimum absolute atomic E-state index is 0.0695. The Balaban J connectivity index is 2.15. The average Bonchev–Trinajstić information content (AvgIpc) is 3.04. The Kier molecular flexibility index (Phi) is 4.81. The maximum Gasteiger partial charge on any atom is 0.242 e. The molecule has 0 aliphatic rings. The molecule has 0 spiro atoms. The Labute approximate surface area is 124 Å². The number of nitrogens with one attached hydrogen (secondary N) is 1.